The lowest BCUT2D eigenvalue weighted by molar-refractivity contribution is 0.279. The van der Waals surface area contributed by atoms with Crippen LogP contribution in [-0.4, -0.2) is 20.6 Å². The second-order valence-electron chi connectivity index (χ2n) is 5.80. The van der Waals surface area contributed by atoms with E-state index in [4.69, 9.17) is 0 Å². The summed E-state index contributed by atoms with van der Waals surface area (Å²) >= 11 is 0. The van der Waals surface area contributed by atoms with Gasteiger partial charge in [-0.05, 0) is 25.7 Å². The average molecular weight is 258 g/mol. The maximum atomic E-state index is 4.45. The molecular formula is C15H22N4. The highest BCUT2D eigenvalue weighted by molar-refractivity contribution is 5.38. The maximum absolute atomic E-state index is 4.45. The normalized spacial score (nSPS) is 23.9. The summed E-state index contributed by atoms with van der Waals surface area (Å²) in [6, 6.07) is 2.66. The van der Waals surface area contributed by atoms with Crippen molar-refractivity contribution in [1.29, 1.82) is 0 Å². The third-order valence-corrected chi connectivity index (χ3v) is 4.17. The minimum Gasteiger partial charge on any atom is -0.310 e. The molecule has 2 unspecified atom stereocenters. The Bertz CT molecular complexity index is 560. The number of nitrogens with zero attached hydrogens (tertiary/aromatic N) is 3. The fourth-order valence-corrected chi connectivity index (χ4v) is 2.99. The molecule has 2 atom stereocenters. The SMILES string of the molecule is Cc1cc2ncc(CNC3CCCCC3C)cn2n1. The Kier molecular flexibility index (Phi) is 3.51. The Morgan fingerprint density at radius 2 is 2.21 bits per heavy atom. The summed E-state index contributed by atoms with van der Waals surface area (Å²) in [5.41, 5.74) is 3.14. The maximum Gasteiger partial charge on any atom is 0.155 e. The summed E-state index contributed by atoms with van der Waals surface area (Å²) in [4.78, 5) is 4.45. The van der Waals surface area contributed by atoms with Crippen LogP contribution in [0.5, 0.6) is 0 Å². The van der Waals surface area contributed by atoms with Crippen molar-refractivity contribution in [2.45, 2.75) is 52.1 Å². The Labute approximate surface area is 114 Å². The van der Waals surface area contributed by atoms with E-state index in [-0.39, 0.29) is 0 Å². The third-order valence-electron chi connectivity index (χ3n) is 4.17. The van der Waals surface area contributed by atoms with Gasteiger partial charge in [-0.3, -0.25) is 0 Å². The minimum atomic E-state index is 0.656. The molecule has 0 radical (unpaired) electrons. The van der Waals surface area contributed by atoms with Crippen LogP contribution in [0.15, 0.2) is 18.5 Å². The number of rotatable bonds is 3. The Morgan fingerprint density at radius 1 is 1.37 bits per heavy atom. The first-order chi connectivity index (χ1) is 9.22. The quantitative estimate of drug-likeness (QED) is 0.920. The zero-order valence-electron chi connectivity index (χ0n) is 11.8. The number of nitrogens with one attached hydrogen (secondary N) is 1. The molecule has 1 fully saturated rings. The van der Waals surface area contributed by atoms with Crippen molar-refractivity contribution in [1.82, 2.24) is 19.9 Å². The van der Waals surface area contributed by atoms with E-state index in [2.05, 4.69) is 28.5 Å². The molecule has 2 aromatic rings. The highest BCUT2D eigenvalue weighted by Crippen LogP contribution is 2.23. The van der Waals surface area contributed by atoms with Crippen LogP contribution in [0.1, 0.15) is 43.9 Å². The topological polar surface area (TPSA) is 42.2 Å². The van der Waals surface area contributed by atoms with Gasteiger partial charge < -0.3 is 5.32 Å². The first-order valence-electron chi connectivity index (χ1n) is 7.26. The zero-order chi connectivity index (χ0) is 13.2. The molecule has 0 aromatic carbocycles. The van der Waals surface area contributed by atoms with Crippen molar-refractivity contribution in [3.05, 3.63) is 29.7 Å². The summed E-state index contributed by atoms with van der Waals surface area (Å²) in [5, 5.41) is 8.09. The Balaban J connectivity index is 1.67. The van der Waals surface area contributed by atoms with E-state index in [1.807, 2.05) is 23.7 Å². The molecule has 0 amide bonds. The summed E-state index contributed by atoms with van der Waals surface area (Å²) in [7, 11) is 0. The molecule has 19 heavy (non-hydrogen) atoms. The minimum absolute atomic E-state index is 0.656. The number of hydrogen-bond donors (Lipinski definition) is 1. The molecule has 0 spiro atoms. The molecule has 1 N–H and O–H groups in total. The van der Waals surface area contributed by atoms with E-state index in [1.54, 1.807) is 0 Å². The van der Waals surface area contributed by atoms with Gasteiger partial charge in [-0.15, -0.1) is 0 Å². The van der Waals surface area contributed by atoms with Gasteiger partial charge >= 0.3 is 0 Å². The Morgan fingerprint density at radius 3 is 3.05 bits per heavy atom. The van der Waals surface area contributed by atoms with Gasteiger partial charge in [0, 0.05) is 36.6 Å². The van der Waals surface area contributed by atoms with Gasteiger partial charge in [0.05, 0.1) is 5.69 Å². The van der Waals surface area contributed by atoms with Crippen LogP contribution in [0.25, 0.3) is 5.65 Å². The van der Waals surface area contributed by atoms with E-state index in [9.17, 15) is 0 Å². The van der Waals surface area contributed by atoms with Crippen molar-refractivity contribution in [3.63, 3.8) is 0 Å². The summed E-state index contributed by atoms with van der Waals surface area (Å²) < 4.78 is 1.87. The van der Waals surface area contributed by atoms with Crippen LogP contribution in [0.2, 0.25) is 0 Å². The van der Waals surface area contributed by atoms with E-state index in [0.717, 1.165) is 23.8 Å². The molecule has 4 heteroatoms. The summed E-state index contributed by atoms with van der Waals surface area (Å²) in [6.07, 6.45) is 9.44. The van der Waals surface area contributed by atoms with Crippen molar-refractivity contribution in [3.8, 4) is 0 Å². The van der Waals surface area contributed by atoms with E-state index in [1.165, 1.54) is 31.2 Å². The number of aromatic nitrogens is 3. The first-order valence-corrected chi connectivity index (χ1v) is 7.26. The van der Waals surface area contributed by atoms with E-state index < -0.39 is 0 Å². The lowest BCUT2D eigenvalue weighted by Gasteiger charge is -2.29. The highest BCUT2D eigenvalue weighted by Gasteiger charge is 2.20. The second-order valence-corrected chi connectivity index (χ2v) is 5.80. The van der Waals surface area contributed by atoms with Gasteiger partial charge in [0.2, 0.25) is 0 Å². The van der Waals surface area contributed by atoms with Crippen LogP contribution < -0.4 is 5.32 Å². The van der Waals surface area contributed by atoms with Crippen LogP contribution >= 0.6 is 0 Å². The fourth-order valence-electron chi connectivity index (χ4n) is 2.99. The highest BCUT2D eigenvalue weighted by atomic mass is 15.2. The molecule has 2 aromatic heterocycles. The smallest absolute Gasteiger partial charge is 0.155 e. The Hall–Kier alpha value is -1.42. The van der Waals surface area contributed by atoms with Crippen LogP contribution in [-0.2, 0) is 6.54 Å². The first kappa shape index (κ1) is 12.6. The third kappa shape index (κ3) is 2.78. The molecule has 0 saturated heterocycles. The van der Waals surface area contributed by atoms with Gasteiger partial charge in [0.25, 0.3) is 0 Å². The lowest BCUT2D eigenvalue weighted by atomic mass is 9.86. The molecule has 102 valence electrons. The second kappa shape index (κ2) is 5.29. The molecule has 0 bridgehead atoms. The van der Waals surface area contributed by atoms with E-state index in [0.29, 0.717) is 6.04 Å². The van der Waals surface area contributed by atoms with Crippen molar-refractivity contribution in [2.75, 3.05) is 0 Å². The van der Waals surface area contributed by atoms with Crippen molar-refractivity contribution >= 4 is 5.65 Å². The number of fused-ring (bicyclic) bond motifs is 1. The predicted octanol–water partition coefficient (Wildman–Crippen LogP) is 2.71. The number of aryl methyl sites for hydroxylation is 1. The summed E-state index contributed by atoms with van der Waals surface area (Å²) in [6.45, 7) is 5.24. The van der Waals surface area contributed by atoms with Crippen LogP contribution in [0, 0.1) is 12.8 Å². The van der Waals surface area contributed by atoms with Crippen LogP contribution in [0.3, 0.4) is 0 Å². The molecule has 2 heterocycles. The fraction of sp³-hybridized carbons (Fsp3) is 0.600. The van der Waals surface area contributed by atoms with Gasteiger partial charge in [-0.2, -0.15) is 5.10 Å². The van der Waals surface area contributed by atoms with Gasteiger partial charge in [-0.1, -0.05) is 19.8 Å². The molecule has 1 aliphatic carbocycles. The van der Waals surface area contributed by atoms with Gasteiger partial charge in [0.1, 0.15) is 0 Å². The standard InChI is InChI=1S/C15H22N4/c1-11-5-3-4-6-14(11)16-8-13-9-17-15-7-12(2)18-19(15)10-13/h7,9-11,14,16H,3-6,8H2,1-2H3. The van der Waals surface area contributed by atoms with E-state index >= 15 is 0 Å². The van der Waals surface area contributed by atoms with Crippen molar-refractivity contribution in [2.24, 2.45) is 5.92 Å². The van der Waals surface area contributed by atoms with Gasteiger partial charge in [0.15, 0.2) is 5.65 Å². The zero-order valence-corrected chi connectivity index (χ0v) is 11.8. The largest absolute Gasteiger partial charge is 0.310 e. The monoisotopic (exact) mass is 258 g/mol. The van der Waals surface area contributed by atoms with Crippen molar-refractivity contribution < 1.29 is 0 Å². The average Bonchev–Trinajstić information content (AvgIpc) is 2.77. The molecule has 1 saturated carbocycles. The molecular weight excluding hydrogens is 236 g/mol. The lowest BCUT2D eigenvalue weighted by Crippen LogP contribution is -2.36. The molecule has 0 aliphatic heterocycles. The molecule has 1 aliphatic rings. The van der Waals surface area contributed by atoms with Crippen LogP contribution in [0.4, 0.5) is 0 Å². The predicted molar refractivity (Wildman–Crippen MR) is 76.0 cm³/mol. The molecule has 4 nitrogen and oxygen atoms in total. The summed E-state index contributed by atoms with van der Waals surface area (Å²) in [5.74, 6) is 0.789. The number of hydrogen-bond acceptors (Lipinski definition) is 3. The molecule has 3 rings (SSSR count). The van der Waals surface area contributed by atoms with Gasteiger partial charge in [-0.25, -0.2) is 9.50 Å².